The Balaban J connectivity index is 1.99. The molecule has 4 heteroatoms. The maximum absolute atomic E-state index is 12.7. The van der Waals surface area contributed by atoms with Crippen LogP contribution < -0.4 is 5.32 Å². The molecule has 0 heterocycles. The van der Waals surface area contributed by atoms with Gasteiger partial charge in [-0.1, -0.05) is 32.0 Å². The van der Waals surface area contributed by atoms with Crippen LogP contribution in [0.3, 0.4) is 0 Å². The number of alkyl halides is 3. The first-order chi connectivity index (χ1) is 9.91. The lowest BCUT2D eigenvalue weighted by Gasteiger charge is -2.22. The second-order valence-corrected chi connectivity index (χ2v) is 6.16. The minimum Gasteiger partial charge on any atom is -0.314 e. The summed E-state index contributed by atoms with van der Waals surface area (Å²) in [6.45, 7) is 5.39. The highest BCUT2D eigenvalue weighted by Crippen LogP contribution is 2.35. The van der Waals surface area contributed by atoms with Crippen LogP contribution in [-0.2, 0) is 12.6 Å². The van der Waals surface area contributed by atoms with Crippen molar-refractivity contribution < 1.29 is 13.2 Å². The van der Waals surface area contributed by atoms with E-state index in [0.29, 0.717) is 17.9 Å². The summed E-state index contributed by atoms with van der Waals surface area (Å²) in [5.74, 6) is 0.994. The van der Waals surface area contributed by atoms with Crippen molar-refractivity contribution in [1.82, 2.24) is 5.32 Å². The summed E-state index contributed by atoms with van der Waals surface area (Å²) >= 11 is 0. The molecular weight excluding hydrogens is 275 g/mol. The quantitative estimate of drug-likeness (QED) is 0.833. The highest BCUT2D eigenvalue weighted by Gasteiger charge is 2.33. The zero-order valence-corrected chi connectivity index (χ0v) is 12.7. The second kappa shape index (κ2) is 6.82. The van der Waals surface area contributed by atoms with E-state index in [2.05, 4.69) is 19.2 Å². The Morgan fingerprint density at radius 1 is 1.24 bits per heavy atom. The topological polar surface area (TPSA) is 12.0 Å². The van der Waals surface area contributed by atoms with Crippen LogP contribution in [0.1, 0.15) is 44.2 Å². The van der Waals surface area contributed by atoms with Crippen molar-refractivity contribution in [1.29, 1.82) is 0 Å². The van der Waals surface area contributed by atoms with Gasteiger partial charge in [-0.3, -0.25) is 0 Å². The molecule has 0 amide bonds. The molecule has 118 valence electrons. The minimum atomic E-state index is -4.25. The molecule has 1 nitrogen and oxygen atoms in total. The number of nitrogens with one attached hydrogen (secondary N) is 1. The molecule has 1 aromatic carbocycles. The monoisotopic (exact) mass is 299 g/mol. The standard InChI is InChI=1S/C17H24F3N/c1-3-9-21-16-8-7-14(12(16)2)10-13-5-4-6-15(11-13)17(18,19)20/h4-6,11-12,14,16,21H,3,7-10H2,1-2H3. The van der Waals surface area contributed by atoms with Gasteiger partial charge >= 0.3 is 6.18 Å². The first kappa shape index (κ1) is 16.3. The molecule has 1 aliphatic carbocycles. The summed E-state index contributed by atoms with van der Waals surface area (Å²) in [6, 6.07) is 6.30. The first-order valence-corrected chi connectivity index (χ1v) is 7.81. The van der Waals surface area contributed by atoms with E-state index in [1.165, 1.54) is 12.1 Å². The maximum atomic E-state index is 12.7. The molecule has 0 spiro atoms. The van der Waals surface area contributed by atoms with Gasteiger partial charge in [0, 0.05) is 6.04 Å². The summed E-state index contributed by atoms with van der Waals surface area (Å²) in [4.78, 5) is 0. The van der Waals surface area contributed by atoms with Gasteiger partial charge in [-0.05, 0) is 55.7 Å². The lowest BCUT2D eigenvalue weighted by molar-refractivity contribution is -0.137. The number of hydrogen-bond acceptors (Lipinski definition) is 1. The smallest absolute Gasteiger partial charge is 0.314 e. The number of hydrogen-bond donors (Lipinski definition) is 1. The van der Waals surface area contributed by atoms with Crippen LogP contribution in [0.5, 0.6) is 0 Å². The van der Waals surface area contributed by atoms with Crippen molar-refractivity contribution in [2.24, 2.45) is 11.8 Å². The lowest BCUT2D eigenvalue weighted by atomic mass is 9.89. The van der Waals surface area contributed by atoms with Gasteiger partial charge in [0.2, 0.25) is 0 Å². The summed E-state index contributed by atoms with van der Waals surface area (Å²) in [6.07, 6.45) is -0.164. The predicted octanol–water partition coefficient (Wildman–Crippen LogP) is 4.66. The van der Waals surface area contributed by atoms with Gasteiger partial charge in [-0.15, -0.1) is 0 Å². The Hall–Kier alpha value is -1.03. The number of benzene rings is 1. The third kappa shape index (κ3) is 4.22. The molecule has 2 rings (SSSR count). The van der Waals surface area contributed by atoms with Crippen LogP contribution in [0.25, 0.3) is 0 Å². The van der Waals surface area contributed by atoms with E-state index in [0.717, 1.165) is 43.9 Å². The van der Waals surface area contributed by atoms with Crippen LogP contribution in [0.4, 0.5) is 13.2 Å². The van der Waals surface area contributed by atoms with Crippen LogP contribution in [0, 0.1) is 11.8 Å². The molecule has 1 aromatic rings. The van der Waals surface area contributed by atoms with E-state index >= 15 is 0 Å². The zero-order chi connectivity index (χ0) is 15.5. The Morgan fingerprint density at radius 3 is 2.67 bits per heavy atom. The SMILES string of the molecule is CCCNC1CCC(Cc2cccc(C(F)(F)F)c2)C1C. The van der Waals surface area contributed by atoms with Gasteiger partial charge in [-0.25, -0.2) is 0 Å². The molecular formula is C17H24F3N. The van der Waals surface area contributed by atoms with E-state index in [1.807, 2.05) is 6.07 Å². The second-order valence-electron chi connectivity index (χ2n) is 6.16. The Bertz CT molecular complexity index is 456. The molecule has 1 aliphatic rings. The molecule has 0 saturated heterocycles. The molecule has 21 heavy (non-hydrogen) atoms. The van der Waals surface area contributed by atoms with Crippen LogP contribution >= 0.6 is 0 Å². The van der Waals surface area contributed by atoms with Crippen molar-refractivity contribution in [2.75, 3.05) is 6.54 Å². The fraction of sp³-hybridized carbons (Fsp3) is 0.647. The molecule has 1 N–H and O–H groups in total. The maximum Gasteiger partial charge on any atom is 0.416 e. The van der Waals surface area contributed by atoms with Crippen LogP contribution in [-0.4, -0.2) is 12.6 Å². The molecule has 0 aliphatic heterocycles. The van der Waals surface area contributed by atoms with Gasteiger partial charge in [0.1, 0.15) is 0 Å². The van der Waals surface area contributed by atoms with E-state index in [4.69, 9.17) is 0 Å². The fourth-order valence-electron chi connectivity index (χ4n) is 3.33. The highest BCUT2D eigenvalue weighted by atomic mass is 19.4. The van der Waals surface area contributed by atoms with E-state index < -0.39 is 11.7 Å². The molecule has 0 aromatic heterocycles. The third-order valence-corrected chi connectivity index (χ3v) is 4.64. The first-order valence-electron chi connectivity index (χ1n) is 7.81. The molecule has 1 saturated carbocycles. The van der Waals surface area contributed by atoms with E-state index in [9.17, 15) is 13.2 Å². The van der Waals surface area contributed by atoms with Gasteiger partial charge in [0.15, 0.2) is 0 Å². The van der Waals surface area contributed by atoms with E-state index in [1.54, 1.807) is 0 Å². The summed E-state index contributed by atoms with van der Waals surface area (Å²) in [5.41, 5.74) is 0.268. The average molecular weight is 299 g/mol. The Labute approximate surface area is 124 Å². The Morgan fingerprint density at radius 2 is 2.00 bits per heavy atom. The molecule has 1 fully saturated rings. The summed E-state index contributed by atoms with van der Waals surface area (Å²) < 4.78 is 38.2. The lowest BCUT2D eigenvalue weighted by Crippen LogP contribution is -2.33. The van der Waals surface area contributed by atoms with Gasteiger partial charge in [0.05, 0.1) is 5.56 Å². The third-order valence-electron chi connectivity index (χ3n) is 4.64. The summed E-state index contributed by atoms with van der Waals surface area (Å²) in [7, 11) is 0. The van der Waals surface area contributed by atoms with Crippen LogP contribution in [0.2, 0.25) is 0 Å². The largest absolute Gasteiger partial charge is 0.416 e. The van der Waals surface area contributed by atoms with E-state index in [-0.39, 0.29) is 0 Å². The van der Waals surface area contributed by atoms with Crippen molar-refractivity contribution in [3.05, 3.63) is 35.4 Å². The normalized spacial score (nSPS) is 26.2. The van der Waals surface area contributed by atoms with Gasteiger partial charge in [0.25, 0.3) is 0 Å². The Kier molecular flexibility index (Phi) is 5.31. The predicted molar refractivity (Wildman–Crippen MR) is 79.1 cm³/mol. The fourth-order valence-corrected chi connectivity index (χ4v) is 3.33. The highest BCUT2D eigenvalue weighted by molar-refractivity contribution is 5.26. The van der Waals surface area contributed by atoms with Gasteiger partial charge < -0.3 is 5.32 Å². The number of halogens is 3. The number of rotatable bonds is 5. The van der Waals surface area contributed by atoms with Crippen LogP contribution in [0.15, 0.2) is 24.3 Å². The van der Waals surface area contributed by atoms with Crippen molar-refractivity contribution in [3.8, 4) is 0 Å². The minimum absolute atomic E-state index is 0.475. The average Bonchev–Trinajstić information content (AvgIpc) is 2.77. The molecule has 3 unspecified atom stereocenters. The summed E-state index contributed by atoms with van der Waals surface area (Å²) in [5, 5.41) is 3.55. The van der Waals surface area contributed by atoms with Gasteiger partial charge in [-0.2, -0.15) is 13.2 Å². The molecule has 0 radical (unpaired) electrons. The van der Waals surface area contributed by atoms with Crippen molar-refractivity contribution in [3.63, 3.8) is 0 Å². The molecule has 3 atom stereocenters. The van der Waals surface area contributed by atoms with Crippen molar-refractivity contribution >= 4 is 0 Å². The van der Waals surface area contributed by atoms with Crippen molar-refractivity contribution in [2.45, 2.75) is 51.7 Å². The molecule has 0 bridgehead atoms. The zero-order valence-electron chi connectivity index (χ0n) is 12.7.